The lowest BCUT2D eigenvalue weighted by atomic mass is 9.88. The predicted molar refractivity (Wildman–Crippen MR) is 151 cm³/mol. The number of carbonyl (C=O) groups excluding carboxylic acids is 2. The second-order valence-electron chi connectivity index (χ2n) is 11.8. The summed E-state index contributed by atoms with van der Waals surface area (Å²) in [6.45, 7) is 11.4. The van der Waals surface area contributed by atoms with E-state index < -0.39 is 17.1 Å². The molecule has 11 heteroatoms. The second-order valence-corrected chi connectivity index (χ2v) is 12.2. The van der Waals surface area contributed by atoms with Gasteiger partial charge in [0.25, 0.3) is 0 Å². The summed E-state index contributed by atoms with van der Waals surface area (Å²) in [6, 6.07) is 4.33. The third kappa shape index (κ3) is 5.95. The van der Waals surface area contributed by atoms with E-state index in [1.165, 1.54) is 6.33 Å². The van der Waals surface area contributed by atoms with E-state index in [0.29, 0.717) is 35.3 Å². The molecule has 39 heavy (non-hydrogen) atoms. The lowest BCUT2D eigenvalue weighted by Crippen LogP contribution is -2.42. The van der Waals surface area contributed by atoms with Gasteiger partial charge in [0, 0.05) is 29.8 Å². The lowest BCUT2D eigenvalue weighted by Gasteiger charge is -2.27. The number of halogens is 1. The molecule has 2 aliphatic rings. The van der Waals surface area contributed by atoms with Crippen molar-refractivity contribution in [2.45, 2.75) is 78.5 Å². The monoisotopic (exact) mass is 553 g/mol. The van der Waals surface area contributed by atoms with Crippen LogP contribution in [0.4, 0.5) is 16.3 Å². The molecule has 0 spiro atoms. The number of anilines is 2. The maximum Gasteiger partial charge on any atom is 0.413 e. The van der Waals surface area contributed by atoms with Crippen molar-refractivity contribution < 1.29 is 14.3 Å². The summed E-state index contributed by atoms with van der Waals surface area (Å²) in [6.07, 6.45) is 6.22. The molecule has 0 radical (unpaired) electrons. The van der Waals surface area contributed by atoms with Gasteiger partial charge in [-0.15, -0.1) is 0 Å². The van der Waals surface area contributed by atoms with E-state index in [1.54, 1.807) is 27.1 Å². The van der Waals surface area contributed by atoms with Crippen LogP contribution in [-0.2, 0) is 22.5 Å². The minimum atomic E-state index is -0.638. The number of amides is 2. The number of hydrogen-bond acceptors (Lipinski definition) is 7. The fraction of sp³-hybridized carbons (Fsp3) is 0.536. The molecule has 208 valence electrons. The largest absolute Gasteiger partial charge is 0.444 e. The summed E-state index contributed by atoms with van der Waals surface area (Å²) in [5.74, 6) is 0.422. The molecule has 5 rings (SSSR count). The van der Waals surface area contributed by atoms with Crippen LogP contribution in [0, 0.1) is 5.41 Å². The highest BCUT2D eigenvalue weighted by molar-refractivity contribution is 6.31. The highest BCUT2D eigenvalue weighted by Gasteiger charge is 2.42. The van der Waals surface area contributed by atoms with Crippen LogP contribution in [0.1, 0.15) is 65.0 Å². The average Bonchev–Trinajstić information content (AvgIpc) is 3.43. The SMILES string of the molecule is CCc1cc(Cl)cc(N2CC[C@](C)(C(=O)NC3CC3)C2)c1Cn1cnc2c(NC(=O)OC(C)(C)C)ncnc21. The van der Waals surface area contributed by atoms with Crippen LogP contribution < -0.4 is 15.5 Å². The number of hydrogen-bond donors (Lipinski definition) is 2. The number of fused-ring (bicyclic) bond motifs is 1. The highest BCUT2D eigenvalue weighted by Crippen LogP contribution is 2.39. The molecule has 2 fully saturated rings. The van der Waals surface area contributed by atoms with E-state index in [1.807, 2.05) is 16.7 Å². The van der Waals surface area contributed by atoms with Gasteiger partial charge in [-0.2, -0.15) is 0 Å². The molecular formula is C28H36ClN7O3. The topological polar surface area (TPSA) is 114 Å². The van der Waals surface area contributed by atoms with Crippen LogP contribution in [0.2, 0.25) is 5.02 Å². The van der Waals surface area contributed by atoms with Crippen molar-refractivity contribution in [3.8, 4) is 0 Å². The van der Waals surface area contributed by atoms with Gasteiger partial charge in [-0.3, -0.25) is 10.1 Å². The quantitative estimate of drug-likeness (QED) is 0.426. The van der Waals surface area contributed by atoms with Crippen LogP contribution >= 0.6 is 11.6 Å². The molecule has 3 aromatic rings. The summed E-state index contributed by atoms with van der Waals surface area (Å²) in [5.41, 5.74) is 3.22. The van der Waals surface area contributed by atoms with Crippen LogP contribution in [-0.4, -0.2) is 56.3 Å². The number of imidazole rings is 1. The molecule has 10 nitrogen and oxygen atoms in total. The maximum atomic E-state index is 13.0. The zero-order chi connectivity index (χ0) is 27.9. The minimum Gasteiger partial charge on any atom is -0.444 e. The van der Waals surface area contributed by atoms with E-state index in [0.717, 1.165) is 49.0 Å². The Morgan fingerprint density at radius 3 is 2.67 bits per heavy atom. The number of rotatable bonds is 7. The normalized spacial score (nSPS) is 19.4. The van der Waals surface area contributed by atoms with Crippen molar-refractivity contribution in [3.63, 3.8) is 0 Å². The van der Waals surface area contributed by atoms with Gasteiger partial charge in [-0.1, -0.05) is 18.5 Å². The Bertz CT molecular complexity index is 1410. The average molecular weight is 554 g/mol. The van der Waals surface area contributed by atoms with Gasteiger partial charge >= 0.3 is 6.09 Å². The molecule has 0 bridgehead atoms. The van der Waals surface area contributed by atoms with Gasteiger partial charge in [-0.25, -0.2) is 19.7 Å². The zero-order valence-electron chi connectivity index (χ0n) is 23.2. The summed E-state index contributed by atoms with van der Waals surface area (Å²) in [7, 11) is 0. The maximum absolute atomic E-state index is 13.0. The third-order valence-electron chi connectivity index (χ3n) is 7.29. The van der Waals surface area contributed by atoms with Gasteiger partial charge in [0.2, 0.25) is 5.91 Å². The van der Waals surface area contributed by atoms with Gasteiger partial charge in [0.15, 0.2) is 17.0 Å². The fourth-order valence-corrected chi connectivity index (χ4v) is 5.29. The minimum absolute atomic E-state index is 0.133. The summed E-state index contributed by atoms with van der Waals surface area (Å²) in [4.78, 5) is 40.9. The Hall–Kier alpha value is -3.40. The van der Waals surface area contributed by atoms with Gasteiger partial charge < -0.3 is 19.5 Å². The Morgan fingerprint density at radius 1 is 1.21 bits per heavy atom. The lowest BCUT2D eigenvalue weighted by molar-refractivity contribution is -0.129. The van der Waals surface area contributed by atoms with E-state index >= 15 is 0 Å². The molecule has 2 aromatic heterocycles. The number of aromatic nitrogens is 4. The molecule has 1 aliphatic carbocycles. The predicted octanol–water partition coefficient (Wildman–Crippen LogP) is 4.93. The third-order valence-corrected chi connectivity index (χ3v) is 7.51. The van der Waals surface area contributed by atoms with Crippen molar-refractivity contribution >= 4 is 46.3 Å². The van der Waals surface area contributed by atoms with Crippen molar-refractivity contribution in [3.05, 3.63) is 40.9 Å². The number of nitrogens with zero attached hydrogens (tertiary/aromatic N) is 5. The van der Waals surface area contributed by atoms with Crippen molar-refractivity contribution in [2.24, 2.45) is 5.41 Å². The van der Waals surface area contributed by atoms with Crippen molar-refractivity contribution in [1.82, 2.24) is 24.8 Å². The first kappa shape index (κ1) is 27.2. The molecule has 1 atom stereocenters. The van der Waals surface area contributed by atoms with E-state index in [-0.39, 0.29) is 11.7 Å². The smallest absolute Gasteiger partial charge is 0.413 e. The number of nitrogens with one attached hydrogen (secondary N) is 2. The van der Waals surface area contributed by atoms with Gasteiger partial charge in [0.1, 0.15) is 11.9 Å². The Labute approximate surface area is 233 Å². The van der Waals surface area contributed by atoms with Crippen LogP contribution in [0.3, 0.4) is 0 Å². The second kappa shape index (κ2) is 10.3. The van der Waals surface area contributed by atoms with Gasteiger partial charge in [0.05, 0.1) is 18.3 Å². The molecule has 1 aliphatic heterocycles. The first-order valence-electron chi connectivity index (χ1n) is 13.5. The van der Waals surface area contributed by atoms with Crippen molar-refractivity contribution in [2.75, 3.05) is 23.3 Å². The molecule has 3 heterocycles. The Morgan fingerprint density at radius 2 is 1.97 bits per heavy atom. The van der Waals surface area contributed by atoms with Gasteiger partial charge in [-0.05, 0) is 76.6 Å². The Kier molecular flexibility index (Phi) is 7.17. The molecular weight excluding hydrogens is 518 g/mol. The molecule has 1 saturated heterocycles. The van der Waals surface area contributed by atoms with E-state index in [2.05, 4.69) is 44.3 Å². The Balaban J connectivity index is 1.44. The van der Waals surface area contributed by atoms with Crippen molar-refractivity contribution in [1.29, 1.82) is 0 Å². The fourth-order valence-electron chi connectivity index (χ4n) is 5.06. The number of benzene rings is 1. The molecule has 0 unspecified atom stereocenters. The zero-order valence-corrected chi connectivity index (χ0v) is 23.9. The number of ether oxygens (including phenoxy) is 1. The molecule has 1 aromatic carbocycles. The number of carbonyl (C=O) groups is 2. The first-order chi connectivity index (χ1) is 18.5. The number of aryl methyl sites for hydroxylation is 1. The molecule has 1 saturated carbocycles. The van der Waals surface area contributed by atoms with Crippen LogP contribution in [0.25, 0.3) is 11.2 Å². The van der Waals surface area contributed by atoms with Crippen LogP contribution in [0.5, 0.6) is 0 Å². The standard InChI is InChI=1S/C28H36ClN7O3/c1-6-17-11-18(29)12-21(35-10-9-28(5,14-35)25(37)33-19-7-8-19)20(17)13-36-16-32-22-23(30-15-31-24(22)36)34-26(38)39-27(2,3)4/h11-12,15-16,19H,6-10,13-14H2,1-5H3,(H,33,37)(H,30,31,34,38)/t28-/m0/s1. The van der Waals surface area contributed by atoms with E-state index in [9.17, 15) is 9.59 Å². The summed E-state index contributed by atoms with van der Waals surface area (Å²) in [5, 5.41) is 6.55. The molecule has 2 N–H and O–H groups in total. The highest BCUT2D eigenvalue weighted by atomic mass is 35.5. The first-order valence-corrected chi connectivity index (χ1v) is 13.9. The summed E-state index contributed by atoms with van der Waals surface area (Å²) >= 11 is 6.58. The summed E-state index contributed by atoms with van der Waals surface area (Å²) < 4.78 is 7.32. The van der Waals surface area contributed by atoms with E-state index in [4.69, 9.17) is 16.3 Å². The van der Waals surface area contributed by atoms with Crippen LogP contribution in [0.15, 0.2) is 24.8 Å². The molecule has 2 amide bonds.